The molecule has 2 aromatic rings. The summed E-state index contributed by atoms with van der Waals surface area (Å²) < 4.78 is 30.3. The van der Waals surface area contributed by atoms with Crippen LogP contribution in [-0.4, -0.2) is 34.9 Å². The number of hydrogen-bond donors (Lipinski definition) is 3. The van der Waals surface area contributed by atoms with Crippen LogP contribution in [0.4, 0.5) is 5.13 Å². The van der Waals surface area contributed by atoms with Crippen LogP contribution in [0.25, 0.3) is 0 Å². The number of nitrogens with two attached hydrogens (primary N) is 1. The first kappa shape index (κ1) is 28.0. The molecule has 0 spiro atoms. The molecule has 1 aromatic heterocycles. The summed E-state index contributed by atoms with van der Waals surface area (Å²) in [6.07, 6.45) is 8.52. The summed E-state index contributed by atoms with van der Waals surface area (Å²) in [5.41, 5.74) is 8.47. The molecular formula is C28H35BrN2O5S2. The second-order valence-corrected chi connectivity index (χ2v) is 15.1. The van der Waals surface area contributed by atoms with Crippen molar-refractivity contribution in [1.29, 1.82) is 0 Å². The van der Waals surface area contributed by atoms with Gasteiger partial charge in [-0.3, -0.25) is 9.35 Å². The Labute approximate surface area is 236 Å². The van der Waals surface area contributed by atoms with Crippen molar-refractivity contribution in [2.45, 2.75) is 75.7 Å². The normalized spacial score (nSPS) is 36.3. The topological polar surface area (TPSA) is 131 Å². The number of nitrogens with zero attached hydrogens (tertiary/aromatic N) is 1. The van der Waals surface area contributed by atoms with E-state index in [2.05, 4.69) is 40.1 Å². The van der Waals surface area contributed by atoms with Gasteiger partial charge in [-0.05, 0) is 97.5 Å². The number of rotatable bonds is 2. The van der Waals surface area contributed by atoms with E-state index in [1.54, 1.807) is 12.1 Å². The number of hydrogen-bond acceptors (Lipinski definition) is 7. The number of ketones is 1. The summed E-state index contributed by atoms with van der Waals surface area (Å²) >= 11 is 4.67. The lowest BCUT2D eigenvalue weighted by Crippen LogP contribution is -2.56. The molecule has 0 bridgehead atoms. The van der Waals surface area contributed by atoms with E-state index in [9.17, 15) is 18.3 Å². The largest absolute Gasteiger partial charge is 0.393 e. The molecule has 6 rings (SSSR count). The first-order valence-corrected chi connectivity index (χ1v) is 16.3. The van der Waals surface area contributed by atoms with Crippen molar-refractivity contribution < 1.29 is 22.9 Å². The van der Waals surface area contributed by atoms with Crippen molar-refractivity contribution in [3.8, 4) is 0 Å². The Kier molecular flexibility index (Phi) is 7.44. The van der Waals surface area contributed by atoms with Crippen molar-refractivity contribution in [3.63, 3.8) is 0 Å². The lowest BCUT2D eigenvalue weighted by Gasteiger charge is -2.59. The minimum Gasteiger partial charge on any atom is -0.393 e. The van der Waals surface area contributed by atoms with Crippen LogP contribution in [0.1, 0.15) is 70.4 Å². The smallest absolute Gasteiger partial charge is 0.294 e. The second kappa shape index (κ2) is 10.1. The monoisotopic (exact) mass is 622 g/mol. The van der Waals surface area contributed by atoms with E-state index in [0.717, 1.165) is 42.3 Å². The molecule has 0 amide bonds. The van der Waals surface area contributed by atoms with Gasteiger partial charge in [0.2, 0.25) is 0 Å². The Hall–Kier alpha value is -1.59. The van der Waals surface area contributed by atoms with Gasteiger partial charge >= 0.3 is 0 Å². The van der Waals surface area contributed by atoms with Gasteiger partial charge < -0.3 is 10.8 Å². The molecule has 0 unspecified atom stereocenters. The van der Waals surface area contributed by atoms with Crippen LogP contribution in [0.3, 0.4) is 0 Å². The highest BCUT2D eigenvalue weighted by Gasteiger charge is 2.62. The molecule has 1 aromatic carbocycles. The molecule has 4 aliphatic carbocycles. The Morgan fingerprint density at radius 3 is 2.47 bits per heavy atom. The molecule has 1 heterocycles. The fraction of sp³-hybridized carbons (Fsp3) is 0.571. The summed E-state index contributed by atoms with van der Waals surface area (Å²) in [5.74, 6) is 2.16. The fourth-order valence-corrected chi connectivity index (χ4v) is 9.60. The average molecular weight is 624 g/mol. The third-order valence-electron chi connectivity index (χ3n) is 9.90. The molecule has 3 saturated carbocycles. The van der Waals surface area contributed by atoms with E-state index in [4.69, 9.17) is 10.3 Å². The zero-order chi connectivity index (χ0) is 27.5. The van der Waals surface area contributed by atoms with Crippen LogP contribution in [0.15, 0.2) is 50.7 Å². The number of benzene rings is 1. The van der Waals surface area contributed by atoms with Gasteiger partial charge in [0.25, 0.3) is 10.1 Å². The zero-order valence-corrected chi connectivity index (χ0v) is 24.9. The summed E-state index contributed by atoms with van der Waals surface area (Å²) in [4.78, 5) is 16.5. The van der Waals surface area contributed by atoms with Gasteiger partial charge in [0.1, 0.15) is 0 Å². The van der Waals surface area contributed by atoms with Crippen molar-refractivity contribution in [2.24, 2.45) is 28.6 Å². The SMILES string of the molecule is C[C@@]12C[C@H](O)[C@@H]3[C@H](CCC4=CC(=O)CC[C@]43C)[C@H]1CC[C@@H]2c1csc(N)n1.O=S(=O)(O)c1ccc(Br)cc1. The number of thiazole rings is 1. The number of halogens is 1. The Balaban J connectivity index is 0.000000226. The molecule has 3 fully saturated rings. The molecule has 0 saturated heterocycles. The number of aromatic nitrogens is 1. The predicted molar refractivity (Wildman–Crippen MR) is 151 cm³/mol. The van der Waals surface area contributed by atoms with Gasteiger partial charge in [0, 0.05) is 22.2 Å². The van der Waals surface area contributed by atoms with Crippen LogP contribution < -0.4 is 5.73 Å². The Bertz CT molecular complexity index is 1360. The molecular weight excluding hydrogens is 588 g/mol. The first-order chi connectivity index (χ1) is 17.8. The lowest BCUT2D eigenvalue weighted by atomic mass is 9.46. The third-order valence-corrected chi connectivity index (χ3v) is 12.0. The Morgan fingerprint density at radius 2 is 1.84 bits per heavy atom. The summed E-state index contributed by atoms with van der Waals surface area (Å²) in [7, 11) is -4.04. The van der Waals surface area contributed by atoms with Gasteiger partial charge in [-0.25, -0.2) is 4.98 Å². The number of fused-ring (bicyclic) bond motifs is 5. The van der Waals surface area contributed by atoms with Gasteiger partial charge in [-0.15, -0.1) is 11.3 Å². The zero-order valence-electron chi connectivity index (χ0n) is 21.6. The van der Waals surface area contributed by atoms with Crippen molar-refractivity contribution in [2.75, 3.05) is 5.73 Å². The standard InChI is InChI=1S/C22H30N2O2S.C6H5BrO3S/c1-21-8-7-13(25)9-12(21)3-4-14-15-5-6-16(17-11-27-20(23)24-17)22(15,2)10-18(26)19(14)21;7-5-1-3-6(4-2-5)11(8,9)10/h9,11,14-16,18-19,26H,3-8,10H2,1-2H3,(H2,23,24);1-4H,(H,8,9,10)/t14-,15-,16-,18+,19+,21-,22-;/m1./s1. The highest BCUT2D eigenvalue weighted by molar-refractivity contribution is 9.10. The Morgan fingerprint density at radius 1 is 1.13 bits per heavy atom. The molecule has 7 nitrogen and oxygen atoms in total. The van der Waals surface area contributed by atoms with E-state index in [1.165, 1.54) is 35.5 Å². The highest BCUT2D eigenvalue weighted by Crippen LogP contribution is 2.68. The molecule has 4 aliphatic rings. The minimum atomic E-state index is -4.04. The number of nitrogen functional groups attached to an aromatic ring is 1. The highest BCUT2D eigenvalue weighted by atomic mass is 79.9. The molecule has 0 radical (unpaired) electrons. The quantitative estimate of drug-likeness (QED) is 0.350. The average Bonchev–Trinajstić information content (AvgIpc) is 3.41. The van der Waals surface area contributed by atoms with E-state index < -0.39 is 10.1 Å². The van der Waals surface area contributed by atoms with Gasteiger partial charge in [-0.2, -0.15) is 8.42 Å². The number of aliphatic hydroxyl groups is 1. The number of carbonyl (C=O) groups excluding carboxylic acids is 1. The third kappa shape index (κ3) is 4.91. The van der Waals surface area contributed by atoms with Gasteiger partial charge in [0.05, 0.1) is 16.7 Å². The molecule has 38 heavy (non-hydrogen) atoms. The second-order valence-electron chi connectivity index (χ2n) is 11.8. The molecule has 0 aliphatic heterocycles. The first-order valence-electron chi connectivity index (χ1n) is 13.2. The molecule has 10 heteroatoms. The lowest BCUT2D eigenvalue weighted by molar-refractivity contribution is -0.129. The van der Waals surface area contributed by atoms with E-state index in [-0.39, 0.29) is 27.6 Å². The van der Waals surface area contributed by atoms with E-state index in [1.807, 2.05) is 6.08 Å². The summed E-state index contributed by atoms with van der Waals surface area (Å²) in [6, 6.07) is 5.73. The van der Waals surface area contributed by atoms with Gasteiger partial charge in [0.15, 0.2) is 10.9 Å². The molecule has 7 atom stereocenters. The summed E-state index contributed by atoms with van der Waals surface area (Å²) in [6.45, 7) is 4.71. The van der Waals surface area contributed by atoms with Crippen molar-refractivity contribution in [1.82, 2.24) is 4.98 Å². The maximum atomic E-state index is 12.0. The van der Waals surface area contributed by atoms with E-state index >= 15 is 0 Å². The molecule has 4 N–H and O–H groups in total. The van der Waals surface area contributed by atoms with Crippen LogP contribution in [-0.2, 0) is 14.9 Å². The van der Waals surface area contributed by atoms with Crippen LogP contribution in [0.5, 0.6) is 0 Å². The summed E-state index contributed by atoms with van der Waals surface area (Å²) in [5, 5.41) is 14.2. The number of carbonyl (C=O) groups is 1. The minimum absolute atomic E-state index is 0.000713. The van der Waals surface area contributed by atoms with Gasteiger partial charge in [-0.1, -0.05) is 35.4 Å². The predicted octanol–water partition coefficient (Wildman–Crippen LogP) is 6.01. The van der Waals surface area contributed by atoms with Crippen molar-refractivity contribution >= 4 is 48.3 Å². The molecule has 206 valence electrons. The van der Waals surface area contributed by atoms with Crippen LogP contribution >= 0.6 is 27.3 Å². The fourth-order valence-electron chi connectivity index (χ4n) is 8.24. The maximum absolute atomic E-state index is 12.0. The van der Waals surface area contributed by atoms with Crippen LogP contribution in [0.2, 0.25) is 0 Å². The number of anilines is 1. The van der Waals surface area contributed by atoms with Crippen LogP contribution in [0, 0.1) is 28.6 Å². The van der Waals surface area contributed by atoms with E-state index in [0.29, 0.717) is 35.2 Å². The van der Waals surface area contributed by atoms with Crippen molar-refractivity contribution in [3.05, 3.63) is 51.5 Å². The maximum Gasteiger partial charge on any atom is 0.294 e. The number of aliphatic hydroxyl groups excluding tert-OH is 1. The number of allylic oxidation sites excluding steroid dienone is 1.